The minimum absolute atomic E-state index is 0.0496. The summed E-state index contributed by atoms with van der Waals surface area (Å²) in [6.45, 7) is 5.82. The number of esters is 3. The Hall–Kier alpha value is -3.84. The predicted octanol–water partition coefficient (Wildman–Crippen LogP) is 15.3. The molecule has 75 heavy (non-hydrogen) atoms. The van der Waals surface area contributed by atoms with E-state index in [1.54, 1.807) is 0 Å². The van der Waals surface area contributed by atoms with E-state index >= 15 is 0 Å². The van der Waals surface area contributed by atoms with Crippen LogP contribution in [0.1, 0.15) is 252 Å². The SMILES string of the molecule is CC/C=C\C/C=C\C/C=C\C/C=C\CCCCCCCCC(=O)OCC(COC1OC(C(=O)O)C(O)C(O)C1OC(=O)CCCCCCCCC/C=C\C/C=C\CCCCC)OC(=O)CCCCCCCCCCC. The van der Waals surface area contributed by atoms with Gasteiger partial charge in [0, 0.05) is 19.3 Å². The number of unbranched alkanes of at least 4 members (excludes halogenated alkanes) is 24. The van der Waals surface area contributed by atoms with Crippen molar-refractivity contribution in [1.82, 2.24) is 0 Å². The van der Waals surface area contributed by atoms with Gasteiger partial charge in [-0.3, -0.25) is 14.4 Å². The van der Waals surface area contributed by atoms with Crippen molar-refractivity contribution in [1.29, 1.82) is 0 Å². The molecule has 6 atom stereocenters. The maximum Gasteiger partial charge on any atom is 0.335 e. The summed E-state index contributed by atoms with van der Waals surface area (Å²) in [7, 11) is 0. The number of allylic oxidation sites excluding steroid dienone is 12. The van der Waals surface area contributed by atoms with E-state index < -0.39 is 67.3 Å². The van der Waals surface area contributed by atoms with E-state index in [1.807, 2.05) is 0 Å². The summed E-state index contributed by atoms with van der Waals surface area (Å²) in [4.78, 5) is 51.0. The van der Waals surface area contributed by atoms with Crippen LogP contribution in [0.2, 0.25) is 0 Å². The fourth-order valence-corrected chi connectivity index (χ4v) is 8.68. The first-order valence-corrected chi connectivity index (χ1v) is 29.9. The molecule has 0 spiro atoms. The van der Waals surface area contributed by atoms with Gasteiger partial charge >= 0.3 is 23.9 Å². The highest BCUT2D eigenvalue weighted by atomic mass is 16.7. The number of carboxylic acids is 1. The van der Waals surface area contributed by atoms with Crippen LogP contribution in [0.15, 0.2) is 72.9 Å². The average Bonchev–Trinajstić information content (AvgIpc) is 3.39. The molecular weight excluding hydrogens is 949 g/mol. The minimum atomic E-state index is -1.91. The molecule has 1 saturated heterocycles. The van der Waals surface area contributed by atoms with Gasteiger partial charge < -0.3 is 39.0 Å². The van der Waals surface area contributed by atoms with Gasteiger partial charge in [-0.25, -0.2) is 4.79 Å². The van der Waals surface area contributed by atoms with Gasteiger partial charge in [-0.15, -0.1) is 0 Å². The fraction of sp³-hybridized carbons (Fsp3) is 0.746. The lowest BCUT2D eigenvalue weighted by Crippen LogP contribution is -2.61. The van der Waals surface area contributed by atoms with Crippen molar-refractivity contribution in [2.75, 3.05) is 13.2 Å². The summed E-state index contributed by atoms with van der Waals surface area (Å²) < 4.78 is 28.4. The highest BCUT2D eigenvalue weighted by Crippen LogP contribution is 2.26. The Morgan fingerprint density at radius 1 is 0.453 bits per heavy atom. The Kier molecular flexibility index (Phi) is 47.0. The number of rotatable bonds is 50. The van der Waals surface area contributed by atoms with Gasteiger partial charge in [0.2, 0.25) is 0 Å². The van der Waals surface area contributed by atoms with E-state index in [2.05, 4.69) is 93.7 Å². The van der Waals surface area contributed by atoms with Gasteiger partial charge in [-0.1, -0.05) is 216 Å². The van der Waals surface area contributed by atoms with Crippen LogP contribution in [-0.4, -0.2) is 89.2 Å². The highest BCUT2D eigenvalue weighted by Gasteiger charge is 2.50. The number of aliphatic carboxylic acids is 1. The molecular formula is C63H106O12. The largest absolute Gasteiger partial charge is 0.479 e. The van der Waals surface area contributed by atoms with Crippen molar-refractivity contribution >= 4 is 23.9 Å². The van der Waals surface area contributed by atoms with Crippen molar-refractivity contribution in [2.24, 2.45) is 0 Å². The average molecular weight is 1060 g/mol. The van der Waals surface area contributed by atoms with E-state index in [0.717, 1.165) is 141 Å². The molecule has 0 aromatic carbocycles. The molecule has 0 bridgehead atoms. The zero-order valence-corrected chi connectivity index (χ0v) is 47.3. The second-order valence-corrected chi connectivity index (χ2v) is 20.3. The van der Waals surface area contributed by atoms with Gasteiger partial charge in [0.15, 0.2) is 24.6 Å². The fourth-order valence-electron chi connectivity index (χ4n) is 8.68. The van der Waals surface area contributed by atoms with Crippen molar-refractivity contribution in [3.8, 4) is 0 Å². The Balaban J connectivity index is 2.64. The molecule has 1 heterocycles. The number of aliphatic hydroxyl groups excluding tert-OH is 2. The third-order valence-electron chi connectivity index (χ3n) is 13.3. The molecule has 12 heteroatoms. The maximum absolute atomic E-state index is 13.1. The summed E-state index contributed by atoms with van der Waals surface area (Å²) in [6.07, 6.45) is 51.6. The third kappa shape index (κ3) is 41.0. The Bertz CT molecular complexity index is 1580. The monoisotopic (exact) mass is 1050 g/mol. The van der Waals surface area contributed by atoms with E-state index in [0.29, 0.717) is 19.3 Å². The van der Waals surface area contributed by atoms with Crippen LogP contribution in [-0.2, 0) is 42.9 Å². The van der Waals surface area contributed by atoms with Crippen LogP contribution in [0.5, 0.6) is 0 Å². The van der Waals surface area contributed by atoms with Gasteiger partial charge in [-0.05, 0) is 89.9 Å². The normalized spacial score (nSPS) is 18.7. The second kappa shape index (κ2) is 50.9. The third-order valence-corrected chi connectivity index (χ3v) is 13.3. The maximum atomic E-state index is 13.1. The zero-order chi connectivity index (χ0) is 54.7. The van der Waals surface area contributed by atoms with E-state index in [1.165, 1.54) is 51.4 Å². The lowest BCUT2D eigenvalue weighted by molar-refractivity contribution is -0.301. The number of carboxylic acid groups (broad SMARTS) is 1. The lowest BCUT2D eigenvalue weighted by Gasteiger charge is -2.40. The second-order valence-electron chi connectivity index (χ2n) is 20.3. The number of ether oxygens (including phenoxy) is 5. The Morgan fingerprint density at radius 3 is 1.31 bits per heavy atom. The van der Waals surface area contributed by atoms with Crippen LogP contribution in [0.3, 0.4) is 0 Å². The molecule has 1 aliphatic heterocycles. The molecule has 1 rings (SSSR count). The van der Waals surface area contributed by atoms with Crippen LogP contribution in [0.25, 0.3) is 0 Å². The van der Waals surface area contributed by atoms with Crippen molar-refractivity contribution < 1.29 is 58.2 Å². The summed E-state index contributed by atoms with van der Waals surface area (Å²) >= 11 is 0. The van der Waals surface area contributed by atoms with Gasteiger partial charge in [-0.2, -0.15) is 0 Å². The van der Waals surface area contributed by atoms with Crippen LogP contribution in [0, 0.1) is 0 Å². The number of carbonyl (C=O) groups is 4. The standard InChI is InChI=1S/C63H106O12/c1-4-7-10-13-16-19-21-23-25-27-28-30-31-33-35-38-40-43-46-49-55(64)71-52-54(73-56(65)50-47-44-41-37-18-15-12-9-6-3)53-72-63-61(59(68)58(67)60(75-63)62(69)70)74-57(66)51-48-45-42-39-36-34-32-29-26-24-22-20-17-14-11-8-5-2/h7,10,16-17,19-20,23-26,28,30,54,58-61,63,67-68H,4-6,8-9,11-15,18,21-22,27,29,31-53H2,1-3H3,(H,69,70)/b10-7-,19-16-,20-17-,25-23-,26-24-,30-28-. The minimum Gasteiger partial charge on any atom is -0.479 e. The van der Waals surface area contributed by atoms with Crippen LogP contribution < -0.4 is 0 Å². The highest BCUT2D eigenvalue weighted by molar-refractivity contribution is 5.74. The van der Waals surface area contributed by atoms with E-state index in [9.17, 15) is 34.5 Å². The first kappa shape index (κ1) is 69.2. The topological polar surface area (TPSA) is 175 Å². The van der Waals surface area contributed by atoms with Crippen molar-refractivity contribution in [3.05, 3.63) is 72.9 Å². The first-order chi connectivity index (χ1) is 36.6. The van der Waals surface area contributed by atoms with Gasteiger partial charge in [0.05, 0.1) is 6.61 Å². The lowest BCUT2D eigenvalue weighted by atomic mass is 9.98. The summed E-state index contributed by atoms with van der Waals surface area (Å²) in [5.74, 6) is -3.14. The Labute approximate surface area is 455 Å². The Morgan fingerprint density at radius 2 is 0.840 bits per heavy atom. The number of aliphatic hydroxyl groups is 2. The summed E-state index contributed by atoms with van der Waals surface area (Å²) in [5.41, 5.74) is 0. The summed E-state index contributed by atoms with van der Waals surface area (Å²) in [6, 6.07) is 0. The molecule has 0 saturated carbocycles. The summed E-state index contributed by atoms with van der Waals surface area (Å²) in [5, 5.41) is 31.5. The van der Waals surface area contributed by atoms with Gasteiger partial charge in [0.1, 0.15) is 18.8 Å². The number of hydrogen-bond donors (Lipinski definition) is 3. The zero-order valence-electron chi connectivity index (χ0n) is 47.3. The molecule has 3 N–H and O–H groups in total. The molecule has 1 fully saturated rings. The first-order valence-electron chi connectivity index (χ1n) is 29.9. The molecule has 6 unspecified atom stereocenters. The van der Waals surface area contributed by atoms with Crippen LogP contribution in [0.4, 0.5) is 0 Å². The number of carbonyl (C=O) groups excluding carboxylic acids is 3. The van der Waals surface area contributed by atoms with Gasteiger partial charge in [0.25, 0.3) is 0 Å². The number of hydrogen-bond acceptors (Lipinski definition) is 11. The van der Waals surface area contributed by atoms with Crippen molar-refractivity contribution in [2.45, 2.75) is 289 Å². The molecule has 0 aromatic heterocycles. The van der Waals surface area contributed by atoms with Crippen molar-refractivity contribution in [3.63, 3.8) is 0 Å². The molecule has 0 aliphatic carbocycles. The molecule has 430 valence electrons. The molecule has 1 aliphatic rings. The predicted molar refractivity (Wildman–Crippen MR) is 303 cm³/mol. The molecule has 0 amide bonds. The molecule has 0 radical (unpaired) electrons. The smallest absolute Gasteiger partial charge is 0.335 e. The quantitative estimate of drug-likeness (QED) is 0.0228. The van der Waals surface area contributed by atoms with E-state index in [-0.39, 0.29) is 25.9 Å². The molecule has 12 nitrogen and oxygen atoms in total. The van der Waals surface area contributed by atoms with E-state index in [4.69, 9.17) is 23.7 Å². The molecule has 0 aromatic rings. The van der Waals surface area contributed by atoms with Crippen LogP contribution >= 0.6 is 0 Å².